The molecular formula is C47H38N4. The van der Waals surface area contributed by atoms with Crippen molar-refractivity contribution in [3.63, 3.8) is 0 Å². The van der Waals surface area contributed by atoms with Crippen molar-refractivity contribution in [2.75, 3.05) is 4.90 Å². The van der Waals surface area contributed by atoms with E-state index in [2.05, 4.69) is 176 Å². The Hall–Kier alpha value is -6.39. The van der Waals surface area contributed by atoms with Crippen molar-refractivity contribution in [3.05, 3.63) is 186 Å². The molecule has 0 saturated carbocycles. The minimum absolute atomic E-state index is 0.726. The average Bonchev–Trinajstić information content (AvgIpc) is 3.66. The molecule has 4 nitrogen and oxygen atoms in total. The highest BCUT2D eigenvalue weighted by Crippen LogP contribution is 2.40. The Morgan fingerprint density at radius 2 is 1.47 bits per heavy atom. The largest absolute Gasteiger partial charge is 0.400 e. The Balaban J connectivity index is 1.07. The van der Waals surface area contributed by atoms with Gasteiger partial charge in [0, 0.05) is 69.3 Å². The van der Waals surface area contributed by atoms with Crippen LogP contribution in [-0.4, -0.2) is 10.3 Å². The number of nitrogens with two attached hydrogens (primary N) is 1. The topological polar surface area (TPSA) is 46.5 Å². The van der Waals surface area contributed by atoms with Crippen LogP contribution in [0.4, 0.5) is 11.4 Å². The van der Waals surface area contributed by atoms with Gasteiger partial charge in [-0.25, -0.2) is 0 Å². The predicted octanol–water partition coefficient (Wildman–Crippen LogP) is 11.2. The number of rotatable bonds is 4. The van der Waals surface area contributed by atoms with Gasteiger partial charge in [-0.15, -0.1) is 0 Å². The van der Waals surface area contributed by atoms with Crippen LogP contribution >= 0.6 is 0 Å². The van der Waals surface area contributed by atoms with Crippen LogP contribution in [0, 0.1) is 0 Å². The van der Waals surface area contributed by atoms with Crippen molar-refractivity contribution in [1.82, 2.24) is 4.57 Å². The molecule has 0 radical (unpaired) electrons. The third-order valence-electron chi connectivity index (χ3n) is 10.5. The van der Waals surface area contributed by atoms with Crippen LogP contribution in [0.25, 0.3) is 49.4 Å². The second kappa shape index (κ2) is 12.2. The van der Waals surface area contributed by atoms with Crippen LogP contribution < -0.4 is 10.6 Å². The van der Waals surface area contributed by atoms with Gasteiger partial charge in [0.2, 0.25) is 0 Å². The Kier molecular flexibility index (Phi) is 7.32. The zero-order chi connectivity index (χ0) is 34.6. The number of nitrogens with zero attached hydrogens (tertiary/aromatic N) is 3. The molecule has 51 heavy (non-hydrogen) atoms. The van der Waals surface area contributed by atoms with Crippen LogP contribution in [0.2, 0.25) is 0 Å². The summed E-state index contributed by atoms with van der Waals surface area (Å²) < 4.78 is 2.28. The van der Waals surface area contributed by atoms with E-state index in [-0.39, 0.29) is 0 Å². The van der Waals surface area contributed by atoms with Gasteiger partial charge in [0.05, 0.1) is 5.70 Å². The monoisotopic (exact) mass is 658 g/mol. The fourth-order valence-corrected chi connectivity index (χ4v) is 7.87. The van der Waals surface area contributed by atoms with Gasteiger partial charge in [-0.3, -0.25) is 4.99 Å². The van der Waals surface area contributed by atoms with Gasteiger partial charge in [-0.2, -0.15) is 0 Å². The summed E-state index contributed by atoms with van der Waals surface area (Å²) in [4.78, 5) is 7.40. The molecule has 9 rings (SSSR count). The number of hydrogen-bond acceptors (Lipinski definition) is 3. The Morgan fingerprint density at radius 3 is 2.33 bits per heavy atom. The van der Waals surface area contributed by atoms with Crippen molar-refractivity contribution >= 4 is 55.4 Å². The fraction of sp³-hybridized carbons (Fsp3) is 0.0851. The third kappa shape index (κ3) is 5.19. The molecule has 246 valence electrons. The standard InChI is InChI=1S/C47H38N4/c1-30-11-5-4-6-13-36-27-34(35-22-26-45-41(28-35)40-15-9-10-16-44(40)50(45)3)21-25-43(36)51(30)38-23-19-32(20-24-38)31(2)49-47-42(48)29-37-18-17-33-12-7-8-14-39(33)46(37)47/h4-12,14-28H,1,13,29,48H2,2-3H3/b6-4-,11-5-,49-31+. The number of hydrogen-bond donors (Lipinski definition) is 1. The first-order chi connectivity index (χ1) is 24.9. The molecule has 0 bridgehead atoms. The zero-order valence-corrected chi connectivity index (χ0v) is 28.9. The quantitative estimate of drug-likeness (QED) is 0.191. The van der Waals surface area contributed by atoms with Crippen molar-refractivity contribution in [2.45, 2.75) is 19.8 Å². The predicted molar refractivity (Wildman–Crippen MR) is 217 cm³/mol. The highest BCUT2D eigenvalue weighted by Gasteiger charge is 2.23. The number of aryl methyl sites for hydroxylation is 1. The minimum Gasteiger partial charge on any atom is -0.400 e. The molecule has 0 amide bonds. The number of anilines is 2. The average molecular weight is 659 g/mol. The summed E-state index contributed by atoms with van der Waals surface area (Å²) in [6.45, 7) is 6.57. The second-order valence-electron chi connectivity index (χ2n) is 13.6. The maximum atomic E-state index is 6.61. The molecule has 7 aromatic rings. The molecule has 1 aromatic heterocycles. The van der Waals surface area contributed by atoms with Gasteiger partial charge in [0.1, 0.15) is 0 Å². The summed E-state index contributed by atoms with van der Waals surface area (Å²) in [6, 6.07) is 43.7. The van der Waals surface area contributed by atoms with E-state index >= 15 is 0 Å². The lowest BCUT2D eigenvalue weighted by atomic mass is 9.97. The van der Waals surface area contributed by atoms with E-state index in [0.29, 0.717) is 0 Å². The van der Waals surface area contributed by atoms with Crippen molar-refractivity contribution < 1.29 is 0 Å². The van der Waals surface area contributed by atoms with Gasteiger partial charge >= 0.3 is 0 Å². The van der Waals surface area contributed by atoms with E-state index in [4.69, 9.17) is 10.7 Å². The van der Waals surface area contributed by atoms with Crippen LogP contribution in [0.5, 0.6) is 0 Å². The van der Waals surface area contributed by atoms with Gasteiger partial charge in [0.25, 0.3) is 0 Å². The zero-order valence-electron chi connectivity index (χ0n) is 28.9. The number of fused-ring (bicyclic) bond motifs is 7. The SMILES string of the molecule is C=C1/C=C\C=C/Cc2cc(-c3ccc4c(c3)c3ccccc3n4C)ccc2N1c1ccc(/C(C)=N/C2=C(N)Cc3ccc4ccccc4c32)cc1. The summed E-state index contributed by atoms with van der Waals surface area (Å²) in [5.41, 5.74) is 21.9. The van der Waals surface area contributed by atoms with Crippen molar-refractivity contribution in [2.24, 2.45) is 17.8 Å². The number of aromatic nitrogens is 1. The number of aliphatic imine (C=N–C) groups is 1. The molecule has 0 unspecified atom stereocenters. The normalized spacial score (nSPS) is 15.9. The lowest BCUT2D eigenvalue weighted by Crippen LogP contribution is -2.16. The van der Waals surface area contributed by atoms with E-state index < -0.39 is 0 Å². The lowest BCUT2D eigenvalue weighted by Gasteiger charge is -2.28. The molecule has 0 fully saturated rings. The van der Waals surface area contributed by atoms with Gasteiger partial charge in [0.15, 0.2) is 0 Å². The third-order valence-corrected chi connectivity index (χ3v) is 10.5. The summed E-state index contributed by atoms with van der Waals surface area (Å²) in [7, 11) is 2.14. The molecule has 1 aliphatic heterocycles. The maximum absolute atomic E-state index is 6.61. The molecule has 0 atom stereocenters. The van der Waals surface area contributed by atoms with Crippen molar-refractivity contribution in [3.8, 4) is 11.1 Å². The molecule has 0 spiro atoms. The molecule has 2 aliphatic rings. The number of benzene rings is 6. The van der Waals surface area contributed by atoms with Gasteiger partial charge in [-0.1, -0.05) is 104 Å². The molecule has 2 heterocycles. The first kappa shape index (κ1) is 30.7. The summed E-state index contributed by atoms with van der Waals surface area (Å²) in [5, 5.41) is 4.95. The molecule has 4 heteroatoms. The summed E-state index contributed by atoms with van der Waals surface area (Å²) in [6.07, 6.45) is 10.0. The molecule has 2 N–H and O–H groups in total. The highest BCUT2D eigenvalue weighted by molar-refractivity contribution is 6.09. The Labute approximate surface area is 298 Å². The van der Waals surface area contributed by atoms with E-state index in [1.54, 1.807) is 0 Å². The first-order valence-electron chi connectivity index (χ1n) is 17.5. The Bertz CT molecular complexity index is 2680. The molecular weight excluding hydrogens is 621 g/mol. The fourth-order valence-electron chi connectivity index (χ4n) is 7.87. The summed E-state index contributed by atoms with van der Waals surface area (Å²) >= 11 is 0. The molecule has 0 saturated heterocycles. The van der Waals surface area contributed by atoms with Crippen LogP contribution in [0.1, 0.15) is 29.2 Å². The van der Waals surface area contributed by atoms with Crippen molar-refractivity contribution in [1.29, 1.82) is 0 Å². The summed E-state index contributed by atoms with van der Waals surface area (Å²) in [5.74, 6) is 0. The van der Waals surface area contributed by atoms with Gasteiger partial charge in [-0.05, 0) is 100 Å². The van der Waals surface area contributed by atoms with E-state index in [9.17, 15) is 0 Å². The number of para-hydroxylation sites is 1. The van der Waals surface area contributed by atoms with Crippen LogP contribution in [0.15, 0.2) is 169 Å². The van der Waals surface area contributed by atoms with Crippen LogP contribution in [-0.2, 0) is 19.9 Å². The lowest BCUT2D eigenvalue weighted by molar-refractivity contribution is 1.01. The van der Waals surface area contributed by atoms with E-state index in [1.165, 1.54) is 54.8 Å². The number of allylic oxidation sites excluding steroid dienone is 5. The molecule has 6 aromatic carbocycles. The van der Waals surface area contributed by atoms with E-state index in [1.807, 2.05) is 0 Å². The first-order valence-corrected chi connectivity index (χ1v) is 17.5. The second-order valence-corrected chi connectivity index (χ2v) is 13.6. The van der Waals surface area contributed by atoms with Crippen LogP contribution in [0.3, 0.4) is 0 Å². The molecule has 1 aliphatic carbocycles. The highest BCUT2D eigenvalue weighted by atomic mass is 15.1. The maximum Gasteiger partial charge on any atom is 0.0904 e. The Morgan fingerprint density at radius 1 is 0.725 bits per heavy atom. The smallest absolute Gasteiger partial charge is 0.0904 e. The van der Waals surface area contributed by atoms with E-state index in [0.717, 1.165) is 58.1 Å². The van der Waals surface area contributed by atoms with Gasteiger partial charge < -0.3 is 15.2 Å². The minimum atomic E-state index is 0.726.